The first-order valence-corrected chi connectivity index (χ1v) is 8.29. The lowest BCUT2D eigenvalue weighted by atomic mass is 9.86. The SMILES string of the molecule is O=C(CCC1CCCCC1)N1CCCC1CBr. The lowest BCUT2D eigenvalue weighted by Crippen LogP contribution is -2.36. The first kappa shape index (κ1) is 13.4. The molecule has 1 atom stereocenters. The lowest BCUT2D eigenvalue weighted by molar-refractivity contribution is -0.132. The molecule has 2 fully saturated rings. The van der Waals surface area contributed by atoms with Gasteiger partial charge in [0, 0.05) is 24.3 Å². The zero-order chi connectivity index (χ0) is 12.1. The van der Waals surface area contributed by atoms with Gasteiger partial charge < -0.3 is 4.90 Å². The van der Waals surface area contributed by atoms with E-state index in [1.807, 2.05) is 0 Å². The van der Waals surface area contributed by atoms with Crippen LogP contribution in [0, 0.1) is 5.92 Å². The molecule has 1 heterocycles. The van der Waals surface area contributed by atoms with E-state index in [1.165, 1.54) is 44.9 Å². The van der Waals surface area contributed by atoms with Crippen LogP contribution < -0.4 is 0 Å². The highest BCUT2D eigenvalue weighted by molar-refractivity contribution is 9.09. The van der Waals surface area contributed by atoms with Gasteiger partial charge in [0.1, 0.15) is 0 Å². The summed E-state index contributed by atoms with van der Waals surface area (Å²) in [7, 11) is 0. The van der Waals surface area contributed by atoms with E-state index in [2.05, 4.69) is 20.8 Å². The minimum atomic E-state index is 0.400. The summed E-state index contributed by atoms with van der Waals surface area (Å²) in [5.74, 6) is 1.23. The van der Waals surface area contributed by atoms with Gasteiger partial charge in [0.25, 0.3) is 0 Å². The van der Waals surface area contributed by atoms with Crippen molar-refractivity contribution in [1.29, 1.82) is 0 Å². The van der Waals surface area contributed by atoms with E-state index in [1.54, 1.807) is 0 Å². The molecule has 0 radical (unpaired) electrons. The Hall–Kier alpha value is -0.0500. The number of alkyl halides is 1. The molecule has 1 aliphatic carbocycles. The number of nitrogens with zero attached hydrogens (tertiary/aromatic N) is 1. The van der Waals surface area contributed by atoms with E-state index >= 15 is 0 Å². The maximum absolute atomic E-state index is 12.2. The number of amides is 1. The van der Waals surface area contributed by atoms with Crippen LogP contribution >= 0.6 is 15.9 Å². The molecular formula is C14H24BrNO. The molecule has 1 unspecified atom stereocenters. The lowest BCUT2D eigenvalue weighted by Gasteiger charge is -2.25. The summed E-state index contributed by atoms with van der Waals surface area (Å²) in [4.78, 5) is 14.3. The first-order valence-electron chi connectivity index (χ1n) is 7.16. The van der Waals surface area contributed by atoms with Gasteiger partial charge in [-0.05, 0) is 25.2 Å². The summed E-state index contributed by atoms with van der Waals surface area (Å²) in [6.45, 7) is 0.986. The quantitative estimate of drug-likeness (QED) is 0.725. The molecule has 0 N–H and O–H groups in total. The average Bonchev–Trinajstić information content (AvgIpc) is 2.85. The van der Waals surface area contributed by atoms with Crippen molar-refractivity contribution in [2.75, 3.05) is 11.9 Å². The van der Waals surface area contributed by atoms with Gasteiger partial charge in [0.15, 0.2) is 0 Å². The van der Waals surface area contributed by atoms with Crippen LogP contribution in [0.25, 0.3) is 0 Å². The van der Waals surface area contributed by atoms with Gasteiger partial charge in [-0.3, -0.25) is 4.79 Å². The zero-order valence-electron chi connectivity index (χ0n) is 10.7. The molecule has 1 amide bonds. The number of hydrogen-bond acceptors (Lipinski definition) is 1. The van der Waals surface area contributed by atoms with Gasteiger partial charge in [-0.2, -0.15) is 0 Å². The molecule has 3 heteroatoms. The van der Waals surface area contributed by atoms with E-state index < -0.39 is 0 Å². The Labute approximate surface area is 113 Å². The van der Waals surface area contributed by atoms with E-state index in [-0.39, 0.29) is 0 Å². The molecule has 1 saturated heterocycles. The number of likely N-dealkylation sites (tertiary alicyclic amines) is 1. The van der Waals surface area contributed by atoms with E-state index in [9.17, 15) is 4.79 Å². The van der Waals surface area contributed by atoms with E-state index in [0.717, 1.165) is 30.6 Å². The standard InChI is InChI=1S/C14H24BrNO/c15-11-13-7-4-10-16(13)14(17)9-8-12-5-2-1-3-6-12/h12-13H,1-11H2. The summed E-state index contributed by atoms with van der Waals surface area (Å²) >= 11 is 3.52. The van der Waals surface area contributed by atoms with Crippen molar-refractivity contribution < 1.29 is 4.79 Å². The number of halogens is 1. The Kier molecular flexibility index (Phi) is 5.33. The number of hydrogen-bond donors (Lipinski definition) is 0. The Morgan fingerprint density at radius 1 is 1.12 bits per heavy atom. The molecule has 1 saturated carbocycles. The van der Waals surface area contributed by atoms with Crippen molar-refractivity contribution >= 4 is 21.8 Å². The van der Waals surface area contributed by atoms with Crippen molar-refractivity contribution in [2.24, 2.45) is 5.92 Å². The molecule has 2 nitrogen and oxygen atoms in total. The molecule has 0 aromatic rings. The van der Waals surface area contributed by atoms with Crippen LogP contribution in [-0.4, -0.2) is 28.7 Å². The van der Waals surface area contributed by atoms with Crippen LogP contribution in [0.15, 0.2) is 0 Å². The van der Waals surface area contributed by atoms with Gasteiger partial charge in [0.2, 0.25) is 5.91 Å². The van der Waals surface area contributed by atoms with E-state index in [4.69, 9.17) is 0 Å². The Bertz CT molecular complexity index is 251. The fourth-order valence-electron chi connectivity index (χ4n) is 3.27. The molecule has 0 bridgehead atoms. The number of carbonyl (C=O) groups is 1. The molecule has 0 spiro atoms. The maximum Gasteiger partial charge on any atom is 0.222 e. The molecule has 0 aromatic heterocycles. The predicted molar refractivity (Wildman–Crippen MR) is 74.3 cm³/mol. The minimum Gasteiger partial charge on any atom is -0.339 e. The summed E-state index contributed by atoms with van der Waals surface area (Å²) in [5, 5.41) is 0.947. The van der Waals surface area contributed by atoms with Gasteiger partial charge in [0.05, 0.1) is 0 Å². The first-order chi connectivity index (χ1) is 8.31. The number of carbonyl (C=O) groups excluding carboxylic acids is 1. The van der Waals surface area contributed by atoms with Crippen LogP contribution in [0.4, 0.5) is 0 Å². The summed E-state index contributed by atoms with van der Waals surface area (Å²) in [5.41, 5.74) is 0. The predicted octanol–water partition coefficient (Wildman–Crippen LogP) is 3.73. The fourth-order valence-corrected chi connectivity index (χ4v) is 3.94. The maximum atomic E-state index is 12.2. The number of rotatable bonds is 4. The summed E-state index contributed by atoms with van der Waals surface area (Å²) in [6.07, 6.45) is 11.2. The van der Waals surface area contributed by atoms with Gasteiger partial charge in [-0.15, -0.1) is 0 Å². The normalized spacial score (nSPS) is 26.4. The van der Waals surface area contributed by atoms with Crippen molar-refractivity contribution in [3.8, 4) is 0 Å². The second-order valence-corrected chi connectivity index (χ2v) is 6.23. The third-order valence-electron chi connectivity index (χ3n) is 4.37. The van der Waals surface area contributed by atoms with Crippen LogP contribution in [0.5, 0.6) is 0 Å². The molecule has 2 aliphatic rings. The minimum absolute atomic E-state index is 0.400. The highest BCUT2D eigenvalue weighted by Crippen LogP contribution is 2.28. The van der Waals surface area contributed by atoms with Crippen molar-refractivity contribution in [3.63, 3.8) is 0 Å². The van der Waals surface area contributed by atoms with Crippen molar-refractivity contribution in [1.82, 2.24) is 4.90 Å². The third kappa shape index (κ3) is 3.70. The summed E-state index contributed by atoms with van der Waals surface area (Å²) in [6, 6.07) is 0.467. The molecule has 2 rings (SSSR count). The van der Waals surface area contributed by atoms with Crippen LogP contribution in [-0.2, 0) is 4.79 Å². The molecule has 1 aliphatic heterocycles. The van der Waals surface area contributed by atoms with Crippen LogP contribution in [0.3, 0.4) is 0 Å². The Balaban J connectivity index is 1.72. The Morgan fingerprint density at radius 2 is 1.88 bits per heavy atom. The molecule has 0 aromatic carbocycles. The summed E-state index contributed by atoms with van der Waals surface area (Å²) < 4.78 is 0. The third-order valence-corrected chi connectivity index (χ3v) is 5.11. The zero-order valence-corrected chi connectivity index (χ0v) is 12.3. The van der Waals surface area contributed by atoms with Gasteiger partial charge in [-0.1, -0.05) is 48.0 Å². The van der Waals surface area contributed by atoms with Crippen LogP contribution in [0.2, 0.25) is 0 Å². The largest absolute Gasteiger partial charge is 0.339 e. The Morgan fingerprint density at radius 3 is 2.59 bits per heavy atom. The highest BCUT2D eigenvalue weighted by Gasteiger charge is 2.27. The molecule has 17 heavy (non-hydrogen) atoms. The second kappa shape index (κ2) is 6.77. The monoisotopic (exact) mass is 301 g/mol. The van der Waals surface area contributed by atoms with Crippen LogP contribution in [0.1, 0.15) is 57.8 Å². The fraction of sp³-hybridized carbons (Fsp3) is 0.929. The van der Waals surface area contributed by atoms with E-state index in [0.29, 0.717) is 11.9 Å². The average molecular weight is 302 g/mol. The topological polar surface area (TPSA) is 20.3 Å². The molecular weight excluding hydrogens is 278 g/mol. The smallest absolute Gasteiger partial charge is 0.222 e. The highest BCUT2D eigenvalue weighted by atomic mass is 79.9. The second-order valence-electron chi connectivity index (χ2n) is 5.58. The van der Waals surface area contributed by atoms with Gasteiger partial charge in [-0.25, -0.2) is 0 Å². The van der Waals surface area contributed by atoms with Gasteiger partial charge >= 0.3 is 0 Å². The molecule has 98 valence electrons. The van der Waals surface area contributed by atoms with Crippen molar-refractivity contribution in [2.45, 2.75) is 63.8 Å². The van der Waals surface area contributed by atoms with Crippen molar-refractivity contribution in [3.05, 3.63) is 0 Å².